The van der Waals surface area contributed by atoms with Crippen molar-refractivity contribution < 1.29 is 4.74 Å². The zero-order valence-electron chi connectivity index (χ0n) is 12.7. The summed E-state index contributed by atoms with van der Waals surface area (Å²) < 4.78 is 8.42. The van der Waals surface area contributed by atoms with E-state index in [2.05, 4.69) is 42.8 Å². The topological polar surface area (TPSA) is 42.8 Å². The maximum atomic E-state index is 5.95. The van der Waals surface area contributed by atoms with Gasteiger partial charge in [0.2, 0.25) is 0 Å². The molecule has 0 fully saturated rings. The molecule has 0 amide bonds. The van der Waals surface area contributed by atoms with Gasteiger partial charge in [-0.25, -0.2) is 0 Å². The van der Waals surface area contributed by atoms with Crippen molar-refractivity contribution >= 4 is 12.2 Å². The lowest BCUT2D eigenvalue weighted by molar-refractivity contribution is 0.211. The number of allylic oxidation sites excluding steroid dienone is 1. The minimum atomic E-state index is -0.192. The first-order chi connectivity index (χ1) is 10.0. The smallest absolute Gasteiger partial charge is 0.195 e. The maximum Gasteiger partial charge on any atom is 0.195 e. The second-order valence-electron chi connectivity index (χ2n) is 5.27. The minimum absolute atomic E-state index is 0.192. The van der Waals surface area contributed by atoms with Gasteiger partial charge in [0.15, 0.2) is 16.7 Å². The zero-order valence-corrected chi connectivity index (χ0v) is 13.5. The first-order valence-electron chi connectivity index (χ1n) is 7.05. The molecule has 2 aromatic rings. The van der Waals surface area contributed by atoms with Gasteiger partial charge in [0, 0.05) is 6.54 Å². The molecule has 1 atom stereocenters. The first-order valence-corrected chi connectivity index (χ1v) is 7.46. The Morgan fingerprint density at radius 3 is 2.57 bits per heavy atom. The largest absolute Gasteiger partial charge is 0.483 e. The van der Waals surface area contributed by atoms with E-state index in [-0.39, 0.29) is 6.10 Å². The molecule has 112 valence electrons. The van der Waals surface area contributed by atoms with E-state index in [0.717, 1.165) is 11.6 Å². The third-order valence-corrected chi connectivity index (χ3v) is 3.63. The molecule has 1 heterocycles. The summed E-state index contributed by atoms with van der Waals surface area (Å²) in [7, 11) is 0. The highest BCUT2D eigenvalue weighted by molar-refractivity contribution is 7.71. The van der Waals surface area contributed by atoms with Crippen molar-refractivity contribution in [3.05, 3.63) is 53.1 Å². The third-order valence-electron chi connectivity index (χ3n) is 3.32. The Bertz CT molecular complexity index is 655. The van der Waals surface area contributed by atoms with Crippen LogP contribution in [0.5, 0.6) is 5.75 Å². The lowest BCUT2D eigenvalue weighted by Gasteiger charge is -2.15. The van der Waals surface area contributed by atoms with Crippen LogP contribution in [-0.4, -0.2) is 14.8 Å². The zero-order chi connectivity index (χ0) is 15.4. The lowest BCUT2D eigenvalue weighted by Crippen LogP contribution is -2.11. The Morgan fingerprint density at radius 2 is 2.00 bits per heavy atom. The number of hydrogen-bond donors (Lipinski definition) is 1. The summed E-state index contributed by atoms with van der Waals surface area (Å²) >= 11 is 5.21. The van der Waals surface area contributed by atoms with E-state index < -0.39 is 0 Å². The molecular weight excluding hydrogens is 282 g/mol. The normalized spacial score (nSPS) is 12.4. The van der Waals surface area contributed by atoms with Gasteiger partial charge in [-0.2, -0.15) is 5.10 Å². The highest BCUT2D eigenvalue weighted by atomic mass is 32.1. The molecule has 1 N–H and O–H groups in total. The van der Waals surface area contributed by atoms with E-state index in [0.29, 0.717) is 17.2 Å². The molecule has 0 bridgehead atoms. The van der Waals surface area contributed by atoms with Gasteiger partial charge in [-0.15, -0.1) is 6.58 Å². The summed E-state index contributed by atoms with van der Waals surface area (Å²) in [6.45, 7) is 10.7. The third kappa shape index (κ3) is 3.61. The van der Waals surface area contributed by atoms with Gasteiger partial charge in [-0.1, -0.05) is 32.1 Å². The monoisotopic (exact) mass is 303 g/mol. The van der Waals surface area contributed by atoms with Crippen LogP contribution in [0.1, 0.15) is 44.2 Å². The molecule has 1 aromatic heterocycles. The second kappa shape index (κ2) is 6.72. The van der Waals surface area contributed by atoms with Gasteiger partial charge in [0.1, 0.15) is 5.75 Å². The molecule has 2 rings (SSSR count). The number of aromatic nitrogens is 3. The molecule has 0 aliphatic carbocycles. The van der Waals surface area contributed by atoms with Crippen molar-refractivity contribution in [1.29, 1.82) is 0 Å². The standard InChI is InChI=1S/C16H21N3OS/c1-5-10-19-15(17-18-16(19)21)12(4)20-14-8-6-13(7-9-14)11(2)3/h5-9,11-12H,1,10H2,2-4H3,(H,18,21)/t12-/m0/s1. The first kappa shape index (κ1) is 15.5. The van der Waals surface area contributed by atoms with E-state index in [9.17, 15) is 0 Å². The predicted molar refractivity (Wildman–Crippen MR) is 87.2 cm³/mol. The molecule has 21 heavy (non-hydrogen) atoms. The van der Waals surface area contributed by atoms with Crippen LogP contribution in [0, 0.1) is 4.77 Å². The van der Waals surface area contributed by atoms with Gasteiger partial charge >= 0.3 is 0 Å². The number of nitrogens with one attached hydrogen (secondary N) is 1. The van der Waals surface area contributed by atoms with E-state index in [4.69, 9.17) is 17.0 Å². The summed E-state index contributed by atoms with van der Waals surface area (Å²) in [5.74, 6) is 2.11. The Hall–Kier alpha value is -1.88. The molecule has 0 saturated carbocycles. The second-order valence-corrected chi connectivity index (χ2v) is 5.66. The number of H-pyrrole nitrogens is 1. The average molecular weight is 303 g/mol. The number of hydrogen-bond acceptors (Lipinski definition) is 3. The van der Waals surface area contributed by atoms with Crippen LogP contribution in [0.2, 0.25) is 0 Å². The van der Waals surface area contributed by atoms with Crippen molar-refractivity contribution in [3.63, 3.8) is 0 Å². The molecule has 0 aliphatic heterocycles. The molecule has 0 saturated heterocycles. The van der Waals surface area contributed by atoms with Gasteiger partial charge in [-0.3, -0.25) is 9.67 Å². The van der Waals surface area contributed by atoms with Gasteiger partial charge in [0.25, 0.3) is 0 Å². The molecular formula is C16H21N3OS. The van der Waals surface area contributed by atoms with Crippen LogP contribution in [-0.2, 0) is 6.54 Å². The molecule has 0 radical (unpaired) electrons. The fraction of sp³-hybridized carbons (Fsp3) is 0.375. The summed E-state index contributed by atoms with van der Waals surface area (Å²) in [5.41, 5.74) is 1.30. The molecule has 0 aliphatic rings. The van der Waals surface area contributed by atoms with Crippen LogP contribution in [0.3, 0.4) is 0 Å². The summed E-state index contributed by atoms with van der Waals surface area (Å²) in [4.78, 5) is 0. The molecule has 1 aromatic carbocycles. The number of benzene rings is 1. The number of rotatable bonds is 6. The maximum absolute atomic E-state index is 5.95. The van der Waals surface area contributed by atoms with Gasteiger partial charge in [0.05, 0.1) is 0 Å². The minimum Gasteiger partial charge on any atom is -0.483 e. The van der Waals surface area contributed by atoms with Crippen molar-refractivity contribution in [3.8, 4) is 5.75 Å². The van der Waals surface area contributed by atoms with Crippen LogP contribution < -0.4 is 4.74 Å². The summed E-state index contributed by atoms with van der Waals surface area (Å²) in [6.07, 6.45) is 1.60. The van der Waals surface area contributed by atoms with E-state index in [1.165, 1.54) is 5.56 Å². The fourth-order valence-corrected chi connectivity index (χ4v) is 2.35. The van der Waals surface area contributed by atoms with Crippen molar-refractivity contribution in [1.82, 2.24) is 14.8 Å². The quantitative estimate of drug-likeness (QED) is 0.635. The van der Waals surface area contributed by atoms with Gasteiger partial charge in [-0.05, 0) is 42.8 Å². The highest BCUT2D eigenvalue weighted by Crippen LogP contribution is 2.23. The molecule has 4 nitrogen and oxygen atoms in total. The summed E-state index contributed by atoms with van der Waals surface area (Å²) in [5, 5.41) is 7.05. The molecule has 0 spiro atoms. The molecule has 5 heteroatoms. The number of nitrogens with zero attached hydrogens (tertiary/aromatic N) is 2. The number of ether oxygens (including phenoxy) is 1. The van der Waals surface area contributed by atoms with E-state index in [1.807, 2.05) is 23.6 Å². The van der Waals surface area contributed by atoms with Crippen LogP contribution in [0.15, 0.2) is 36.9 Å². The highest BCUT2D eigenvalue weighted by Gasteiger charge is 2.15. The molecule has 0 unspecified atom stereocenters. The summed E-state index contributed by atoms with van der Waals surface area (Å²) in [6, 6.07) is 8.16. The van der Waals surface area contributed by atoms with Crippen LogP contribution in [0.4, 0.5) is 0 Å². The number of aromatic amines is 1. The Morgan fingerprint density at radius 1 is 1.33 bits per heavy atom. The average Bonchev–Trinajstić information content (AvgIpc) is 2.81. The van der Waals surface area contributed by atoms with Gasteiger partial charge < -0.3 is 4.74 Å². The van der Waals surface area contributed by atoms with Crippen molar-refractivity contribution in [2.45, 2.75) is 39.3 Å². The van der Waals surface area contributed by atoms with E-state index >= 15 is 0 Å². The van der Waals surface area contributed by atoms with E-state index in [1.54, 1.807) is 6.08 Å². The van der Waals surface area contributed by atoms with Crippen molar-refractivity contribution in [2.75, 3.05) is 0 Å². The Balaban J connectivity index is 2.16. The Labute approximate surface area is 130 Å². The SMILES string of the molecule is C=CCn1c([C@H](C)Oc2ccc(C(C)C)cc2)n[nH]c1=S. The van der Waals surface area contributed by atoms with Crippen molar-refractivity contribution in [2.24, 2.45) is 0 Å². The lowest BCUT2D eigenvalue weighted by atomic mass is 10.0. The fourth-order valence-electron chi connectivity index (χ4n) is 2.13. The van der Waals surface area contributed by atoms with Crippen LogP contribution in [0.25, 0.3) is 0 Å². The van der Waals surface area contributed by atoms with Crippen LogP contribution >= 0.6 is 12.2 Å². The Kier molecular flexibility index (Phi) is 4.96. The predicted octanol–water partition coefficient (Wildman–Crippen LogP) is 4.39.